The van der Waals surface area contributed by atoms with Gasteiger partial charge in [0.2, 0.25) is 0 Å². The van der Waals surface area contributed by atoms with Crippen molar-refractivity contribution in [3.8, 4) is 0 Å². The fourth-order valence-electron chi connectivity index (χ4n) is 0.720. The van der Waals surface area contributed by atoms with E-state index >= 15 is 0 Å². The molecule has 0 aliphatic carbocycles. The summed E-state index contributed by atoms with van der Waals surface area (Å²) in [5, 5.41) is 10.9. The average molecular weight is 129 g/mol. The molecule has 0 unspecified atom stereocenters. The topological polar surface area (TPSA) is 32.6 Å². The zero-order valence-corrected chi connectivity index (χ0v) is 6.01. The van der Waals surface area contributed by atoms with E-state index in [-0.39, 0.29) is 0 Å². The van der Waals surface area contributed by atoms with Crippen LogP contribution in [0, 0.1) is 0 Å². The first-order valence-electron chi connectivity index (χ1n) is 3.57. The molecule has 0 atom stereocenters. The van der Waals surface area contributed by atoms with E-state index in [1.165, 1.54) is 19.3 Å². The standard InChI is InChI=1S/C7H15NO/c1-2-3-4-5-6-7-8-9/h7,9H,2-6H2,1H3/b8-7-. The molecule has 0 amide bonds. The Balaban J connectivity index is 2.75. The maximum atomic E-state index is 7.99. The molecule has 0 spiro atoms. The zero-order chi connectivity index (χ0) is 6.95. The summed E-state index contributed by atoms with van der Waals surface area (Å²) in [4.78, 5) is 0. The van der Waals surface area contributed by atoms with Gasteiger partial charge in [-0.1, -0.05) is 26.2 Å². The molecule has 0 heterocycles. The molecule has 0 aliphatic rings. The van der Waals surface area contributed by atoms with Crippen LogP contribution in [0.15, 0.2) is 5.16 Å². The predicted octanol–water partition coefficient (Wildman–Crippen LogP) is 2.42. The maximum absolute atomic E-state index is 7.99. The van der Waals surface area contributed by atoms with Crippen molar-refractivity contribution in [3.05, 3.63) is 0 Å². The normalized spacial score (nSPS) is 10.8. The van der Waals surface area contributed by atoms with E-state index in [4.69, 9.17) is 5.21 Å². The van der Waals surface area contributed by atoms with Crippen LogP contribution in [0.25, 0.3) is 0 Å². The molecule has 0 radical (unpaired) electrons. The summed E-state index contributed by atoms with van der Waals surface area (Å²) in [5.74, 6) is 0. The van der Waals surface area contributed by atoms with E-state index in [0.29, 0.717) is 0 Å². The smallest absolute Gasteiger partial charge is 0.0435 e. The number of rotatable bonds is 5. The molecule has 0 saturated heterocycles. The summed E-state index contributed by atoms with van der Waals surface area (Å²) in [6, 6.07) is 0. The van der Waals surface area contributed by atoms with Crippen LogP contribution in [-0.2, 0) is 0 Å². The molecular formula is C7H15NO. The lowest BCUT2D eigenvalue weighted by atomic mass is 10.2. The molecular weight excluding hydrogens is 114 g/mol. The summed E-state index contributed by atoms with van der Waals surface area (Å²) in [7, 11) is 0. The Hall–Kier alpha value is -0.530. The van der Waals surface area contributed by atoms with E-state index in [1.54, 1.807) is 6.21 Å². The number of hydrogen-bond acceptors (Lipinski definition) is 2. The molecule has 2 heteroatoms. The van der Waals surface area contributed by atoms with Crippen molar-refractivity contribution in [2.24, 2.45) is 5.16 Å². The van der Waals surface area contributed by atoms with E-state index in [0.717, 1.165) is 12.8 Å². The lowest BCUT2D eigenvalue weighted by Gasteiger charge is -1.91. The first-order chi connectivity index (χ1) is 4.41. The molecule has 0 saturated carbocycles. The van der Waals surface area contributed by atoms with Crippen molar-refractivity contribution < 1.29 is 5.21 Å². The third-order valence-electron chi connectivity index (χ3n) is 1.27. The van der Waals surface area contributed by atoms with E-state index in [1.807, 2.05) is 0 Å². The number of oxime groups is 1. The van der Waals surface area contributed by atoms with E-state index in [2.05, 4.69) is 12.1 Å². The first-order valence-corrected chi connectivity index (χ1v) is 3.57. The lowest BCUT2D eigenvalue weighted by Crippen LogP contribution is -1.77. The van der Waals surface area contributed by atoms with Crippen molar-refractivity contribution in [3.63, 3.8) is 0 Å². The Morgan fingerprint density at radius 2 is 2.11 bits per heavy atom. The second-order valence-electron chi connectivity index (χ2n) is 2.15. The Kier molecular flexibility index (Phi) is 7.03. The Labute approximate surface area is 56.6 Å². The zero-order valence-electron chi connectivity index (χ0n) is 6.01. The fourth-order valence-corrected chi connectivity index (χ4v) is 0.720. The molecule has 0 aliphatic heterocycles. The first kappa shape index (κ1) is 8.47. The Morgan fingerprint density at radius 1 is 1.33 bits per heavy atom. The molecule has 0 bridgehead atoms. The van der Waals surface area contributed by atoms with Gasteiger partial charge >= 0.3 is 0 Å². The van der Waals surface area contributed by atoms with Crippen LogP contribution in [0.4, 0.5) is 0 Å². The minimum atomic E-state index is 0.913. The highest BCUT2D eigenvalue weighted by Crippen LogP contribution is 1.99. The van der Waals surface area contributed by atoms with Gasteiger partial charge in [-0.25, -0.2) is 0 Å². The molecule has 0 aromatic carbocycles. The summed E-state index contributed by atoms with van der Waals surface area (Å²) in [5.41, 5.74) is 0. The van der Waals surface area contributed by atoms with Crippen molar-refractivity contribution >= 4 is 6.21 Å². The molecule has 0 aromatic rings. The van der Waals surface area contributed by atoms with Gasteiger partial charge in [0.15, 0.2) is 0 Å². The summed E-state index contributed by atoms with van der Waals surface area (Å²) >= 11 is 0. The highest BCUT2D eigenvalue weighted by Gasteiger charge is 1.83. The fraction of sp³-hybridized carbons (Fsp3) is 0.857. The maximum Gasteiger partial charge on any atom is 0.0435 e. The predicted molar refractivity (Wildman–Crippen MR) is 39.0 cm³/mol. The minimum absolute atomic E-state index is 0.913. The van der Waals surface area contributed by atoms with Crippen LogP contribution in [0.1, 0.15) is 39.0 Å². The SMILES string of the molecule is CCCCCC/C=N\O. The number of hydrogen-bond donors (Lipinski definition) is 1. The van der Waals surface area contributed by atoms with Gasteiger partial charge in [-0.3, -0.25) is 0 Å². The van der Waals surface area contributed by atoms with Gasteiger partial charge in [-0.15, -0.1) is 5.16 Å². The van der Waals surface area contributed by atoms with Crippen LogP contribution < -0.4 is 0 Å². The minimum Gasteiger partial charge on any atom is -0.411 e. The summed E-state index contributed by atoms with van der Waals surface area (Å²) < 4.78 is 0. The van der Waals surface area contributed by atoms with Crippen LogP contribution in [0.2, 0.25) is 0 Å². The lowest BCUT2D eigenvalue weighted by molar-refractivity contribution is 0.320. The monoisotopic (exact) mass is 129 g/mol. The van der Waals surface area contributed by atoms with Crippen molar-refractivity contribution in [2.45, 2.75) is 39.0 Å². The summed E-state index contributed by atoms with van der Waals surface area (Å²) in [6.07, 6.45) is 7.42. The largest absolute Gasteiger partial charge is 0.411 e. The number of nitrogens with zero attached hydrogens (tertiary/aromatic N) is 1. The van der Waals surface area contributed by atoms with E-state index in [9.17, 15) is 0 Å². The van der Waals surface area contributed by atoms with Crippen LogP contribution in [0.3, 0.4) is 0 Å². The molecule has 9 heavy (non-hydrogen) atoms. The van der Waals surface area contributed by atoms with Gasteiger partial charge in [0.25, 0.3) is 0 Å². The van der Waals surface area contributed by atoms with Gasteiger partial charge in [-0.05, 0) is 12.8 Å². The molecule has 0 fully saturated rings. The number of unbranched alkanes of at least 4 members (excludes halogenated alkanes) is 4. The Morgan fingerprint density at radius 3 is 2.67 bits per heavy atom. The van der Waals surface area contributed by atoms with Crippen LogP contribution in [0.5, 0.6) is 0 Å². The van der Waals surface area contributed by atoms with Gasteiger partial charge in [0.05, 0.1) is 0 Å². The van der Waals surface area contributed by atoms with Gasteiger partial charge in [-0.2, -0.15) is 0 Å². The molecule has 0 rings (SSSR count). The molecule has 2 nitrogen and oxygen atoms in total. The quantitative estimate of drug-likeness (QED) is 0.263. The van der Waals surface area contributed by atoms with Crippen molar-refractivity contribution in [2.75, 3.05) is 0 Å². The van der Waals surface area contributed by atoms with Gasteiger partial charge in [0.1, 0.15) is 0 Å². The van der Waals surface area contributed by atoms with Gasteiger partial charge < -0.3 is 5.21 Å². The van der Waals surface area contributed by atoms with Crippen molar-refractivity contribution in [1.82, 2.24) is 0 Å². The molecule has 0 aromatic heterocycles. The highest BCUT2D eigenvalue weighted by atomic mass is 16.4. The second kappa shape index (κ2) is 7.47. The Bertz CT molecular complexity index is 71.3. The average Bonchev–Trinajstić information content (AvgIpc) is 1.89. The van der Waals surface area contributed by atoms with Gasteiger partial charge in [0, 0.05) is 6.21 Å². The second-order valence-corrected chi connectivity index (χ2v) is 2.15. The molecule has 1 N–H and O–H groups in total. The van der Waals surface area contributed by atoms with Crippen LogP contribution >= 0.6 is 0 Å². The third-order valence-corrected chi connectivity index (χ3v) is 1.27. The van der Waals surface area contributed by atoms with Crippen molar-refractivity contribution in [1.29, 1.82) is 0 Å². The highest BCUT2D eigenvalue weighted by molar-refractivity contribution is 5.55. The van der Waals surface area contributed by atoms with Crippen LogP contribution in [-0.4, -0.2) is 11.4 Å². The van der Waals surface area contributed by atoms with E-state index < -0.39 is 0 Å². The molecule has 54 valence electrons. The summed E-state index contributed by atoms with van der Waals surface area (Å²) in [6.45, 7) is 2.18. The third kappa shape index (κ3) is 7.47.